The Labute approximate surface area is 214 Å². The fourth-order valence-corrected chi connectivity index (χ4v) is 6.40. The van der Waals surface area contributed by atoms with Gasteiger partial charge in [-0.2, -0.15) is 0 Å². The molecule has 0 radical (unpaired) electrons. The summed E-state index contributed by atoms with van der Waals surface area (Å²) < 4.78 is 0.882. The van der Waals surface area contributed by atoms with Gasteiger partial charge in [-0.15, -0.1) is 0 Å². The van der Waals surface area contributed by atoms with Crippen LogP contribution in [0.3, 0.4) is 0 Å². The Morgan fingerprint density at radius 1 is 1.03 bits per heavy atom. The molecule has 2 aromatic carbocycles. The maximum atomic E-state index is 13.8. The van der Waals surface area contributed by atoms with Crippen molar-refractivity contribution in [1.29, 1.82) is 0 Å². The van der Waals surface area contributed by atoms with E-state index < -0.39 is 5.60 Å². The normalized spacial score (nSPS) is 19.9. The van der Waals surface area contributed by atoms with Gasteiger partial charge in [0.15, 0.2) is 5.60 Å². The van der Waals surface area contributed by atoms with Crippen molar-refractivity contribution < 1.29 is 14.4 Å². The Hall–Kier alpha value is -1.59. The van der Waals surface area contributed by atoms with Crippen LogP contribution < -0.4 is 0 Å². The van der Waals surface area contributed by atoms with E-state index in [1.54, 1.807) is 6.07 Å². The molecule has 1 N–H and O–H groups in total. The van der Waals surface area contributed by atoms with Crippen LogP contribution in [0.2, 0.25) is 10.0 Å². The van der Waals surface area contributed by atoms with Gasteiger partial charge in [0.2, 0.25) is 0 Å². The van der Waals surface area contributed by atoms with Crippen molar-refractivity contribution in [3.05, 3.63) is 69.7 Å². The molecule has 34 heavy (non-hydrogen) atoms. The molecule has 2 aliphatic rings. The molecule has 4 nitrogen and oxygen atoms in total. The predicted molar refractivity (Wildman–Crippen MR) is 139 cm³/mol. The molecule has 0 aromatic heterocycles. The Balaban J connectivity index is 1.41. The Bertz CT molecular complexity index is 983. The quantitative estimate of drug-likeness (QED) is 0.493. The summed E-state index contributed by atoms with van der Waals surface area (Å²) >= 11 is 12.4. The number of likely N-dealkylation sites (N-methyl/N-ethyl adjacent to an activating group) is 1. The van der Waals surface area contributed by atoms with Crippen molar-refractivity contribution in [2.45, 2.75) is 56.6 Å². The van der Waals surface area contributed by atoms with Crippen LogP contribution >= 0.6 is 23.2 Å². The van der Waals surface area contributed by atoms with E-state index in [9.17, 15) is 9.90 Å². The molecule has 1 heterocycles. The van der Waals surface area contributed by atoms with E-state index in [1.807, 2.05) is 47.4 Å². The van der Waals surface area contributed by atoms with Gasteiger partial charge in [0, 0.05) is 48.3 Å². The van der Waals surface area contributed by atoms with E-state index >= 15 is 0 Å². The van der Waals surface area contributed by atoms with Gasteiger partial charge >= 0.3 is 0 Å². The standard InChI is InChI=1S/C28H37Cl2N2O2/c1-32(2,19-16-21-12-13-24(29)20-26(21)30)25-14-17-31(18-15-25)27(33)28(34,23-10-6-7-11-23)22-8-4-3-5-9-22/h3-5,8-9,12-13,20,23,25,34H,6-7,10-11,14-19H2,1-2H3/q+1. The first kappa shape index (κ1) is 25.5. The highest BCUT2D eigenvalue weighted by molar-refractivity contribution is 6.35. The van der Waals surface area contributed by atoms with Gasteiger partial charge in [-0.25, -0.2) is 0 Å². The zero-order valence-corrected chi connectivity index (χ0v) is 21.9. The summed E-state index contributed by atoms with van der Waals surface area (Å²) in [5.41, 5.74) is 0.444. The van der Waals surface area contributed by atoms with Crippen molar-refractivity contribution in [2.24, 2.45) is 5.92 Å². The average Bonchev–Trinajstić information content (AvgIpc) is 3.39. The molecule has 1 aliphatic carbocycles. The predicted octanol–water partition coefficient (Wildman–Crippen LogP) is 5.68. The van der Waals surface area contributed by atoms with Crippen LogP contribution in [0.15, 0.2) is 48.5 Å². The van der Waals surface area contributed by atoms with Crippen molar-refractivity contribution >= 4 is 29.1 Å². The minimum absolute atomic E-state index is 0.00327. The van der Waals surface area contributed by atoms with Crippen LogP contribution in [0.5, 0.6) is 0 Å². The molecule has 1 saturated carbocycles. The maximum absolute atomic E-state index is 13.8. The molecular weight excluding hydrogens is 467 g/mol. The van der Waals surface area contributed by atoms with Crippen molar-refractivity contribution in [1.82, 2.24) is 4.90 Å². The lowest BCUT2D eigenvalue weighted by Crippen LogP contribution is -2.58. The Morgan fingerprint density at radius 2 is 1.68 bits per heavy atom. The second-order valence-corrected chi connectivity index (χ2v) is 11.5. The number of rotatable bonds is 7. The van der Waals surface area contributed by atoms with Gasteiger partial charge in [0.1, 0.15) is 0 Å². The topological polar surface area (TPSA) is 40.5 Å². The number of nitrogens with zero attached hydrogens (tertiary/aromatic N) is 2. The van der Waals surface area contributed by atoms with Crippen LogP contribution in [0, 0.1) is 5.92 Å². The van der Waals surface area contributed by atoms with Gasteiger partial charge in [-0.3, -0.25) is 4.79 Å². The molecule has 184 valence electrons. The number of halogens is 2. The van der Waals surface area contributed by atoms with Gasteiger partial charge < -0.3 is 14.5 Å². The Morgan fingerprint density at radius 3 is 2.29 bits per heavy atom. The first-order chi connectivity index (χ1) is 16.2. The molecule has 1 aliphatic heterocycles. The third-order valence-electron chi connectivity index (χ3n) is 8.20. The first-order valence-corrected chi connectivity index (χ1v) is 13.3. The smallest absolute Gasteiger partial charge is 0.259 e. The summed E-state index contributed by atoms with van der Waals surface area (Å²) in [5, 5.41) is 13.2. The molecule has 1 amide bonds. The number of hydrogen-bond acceptors (Lipinski definition) is 2. The summed E-state index contributed by atoms with van der Waals surface area (Å²) in [6, 6.07) is 15.8. The second-order valence-electron chi connectivity index (χ2n) is 10.6. The molecule has 1 unspecified atom stereocenters. The van der Waals surface area contributed by atoms with E-state index in [1.165, 1.54) is 0 Å². The number of quaternary nitrogens is 1. The first-order valence-electron chi connectivity index (χ1n) is 12.6. The molecule has 1 atom stereocenters. The lowest BCUT2D eigenvalue weighted by atomic mass is 9.78. The number of amides is 1. The third kappa shape index (κ3) is 5.31. The fourth-order valence-electron chi connectivity index (χ4n) is 5.89. The second kappa shape index (κ2) is 10.6. The van der Waals surface area contributed by atoms with Crippen molar-refractivity contribution in [3.63, 3.8) is 0 Å². The molecule has 4 rings (SSSR count). The summed E-state index contributed by atoms with van der Waals surface area (Å²) in [4.78, 5) is 15.7. The van der Waals surface area contributed by atoms with Gasteiger partial charge in [0.05, 0.1) is 26.7 Å². The molecule has 6 heteroatoms. The number of carbonyl (C=O) groups excluding carboxylic acids is 1. The van der Waals surface area contributed by atoms with Crippen LogP contribution in [0.25, 0.3) is 0 Å². The number of aliphatic hydroxyl groups is 1. The van der Waals surface area contributed by atoms with E-state index in [-0.39, 0.29) is 11.8 Å². The number of piperidine rings is 1. The van der Waals surface area contributed by atoms with Crippen LogP contribution in [0.4, 0.5) is 0 Å². The molecule has 2 fully saturated rings. The molecular formula is C28H37Cl2N2O2+. The van der Waals surface area contributed by atoms with Crippen LogP contribution in [-0.4, -0.2) is 60.2 Å². The number of carbonyl (C=O) groups is 1. The maximum Gasteiger partial charge on any atom is 0.259 e. The highest BCUT2D eigenvalue weighted by Gasteiger charge is 2.49. The van der Waals surface area contributed by atoms with Gasteiger partial charge in [-0.1, -0.05) is 72.4 Å². The summed E-state index contributed by atoms with van der Waals surface area (Å²) in [5.74, 6) is -0.112. The van der Waals surface area contributed by atoms with Crippen LogP contribution in [-0.2, 0) is 16.8 Å². The number of benzene rings is 2. The number of likely N-dealkylation sites (tertiary alicyclic amines) is 1. The number of hydrogen-bond donors (Lipinski definition) is 1. The lowest BCUT2D eigenvalue weighted by molar-refractivity contribution is -0.916. The molecule has 1 saturated heterocycles. The minimum Gasteiger partial charge on any atom is -0.375 e. The van der Waals surface area contributed by atoms with E-state index in [0.29, 0.717) is 24.2 Å². The highest BCUT2D eigenvalue weighted by Crippen LogP contribution is 2.42. The largest absolute Gasteiger partial charge is 0.375 e. The summed E-state index contributed by atoms with van der Waals surface area (Å²) in [6.45, 7) is 2.35. The zero-order chi connectivity index (χ0) is 24.3. The van der Waals surface area contributed by atoms with Gasteiger partial charge in [0.25, 0.3) is 5.91 Å². The SMILES string of the molecule is C[N+](C)(CCc1ccc(Cl)cc1Cl)C1CCN(C(=O)C(O)(c2ccccc2)C2CCCC2)CC1. The fraction of sp³-hybridized carbons (Fsp3) is 0.536. The van der Waals surface area contributed by atoms with Crippen LogP contribution in [0.1, 0.15) is 49.7 Å². The highest BCUT2D eigenvalue weighted by atomic mass is 35.5. The minimum atomic E-state index is -1.42. The van der Waals surface area contributed by atoms with E-state index in [4.69, 9.17) is 23.2 Å². The monoisotopic (exact) mass is 503 g/mol. The third-order valence-corrected chi connectivity index (χ3v) is 8.79. The summed E-state index contributed by atoms with van der Waals surface area (Å²) in [6.07, 6.45) is 6.73. The van der Waals surface area contributed by atoms with E-state index in [2.05, 4.69) is 14.1 Å². The molecule has 0 spiro atoms. The van der Waals surface area contributed by atoms with Crippen molar-refractivity contribution in [3.8, 4) is 0 Å². The lowest BCUT2D eigenvalue weighted by Gasteiger charge is -2.45. The zero-order valence-electron chi connectivity index (χ0n) is 20.4. The Kier molecular flexibility index (Phi) is 7.93. The molecule has 0 bridgehead atoms. The average molecular weight is 505 g/mol. The molecule has 2 aromatic rings. The summed E-state index contributed by atoms with van der Waals surface area (Å²) in [7, 11) is 4.54. The van der Waals surface area contributed by atoms with Gasteiger partial charge in [-0.05, 0) is 36.1 Å². The van der Waals surface area contributed by atoms with Crippen molar-refractivity contribution in [2.75, 3.05) is 33.7 Å². The van der Waals surface area contributed by atoms with E-state index in [0.717, 1.165) is 72.1 Å².